The maximum absolute atomic E-state index is 12.0. The number of urea groups is 1. The Hall–Kier alpha value is -2.41. The van der Waals surface area contributed by atoms with E-state index in [9.17, 15) is 9.59 Å². The van der Waals surface area contributed by atoms with Crippen molar-refractivity contribution in [1.29, 1.82) is 0 Å². The molecule has 6 nitrogen and oxygen atoms in total. The quantitative estimate of drug-likeness (QED) is 0.889. The second kappa shape index (κ2) is 6.85. The number of carboxylic acids is 1. The molecule has 0 saturated carbocycles. The lowest BCUT2D eigenvalue weighted by Crippen LogP contribution is -2.33. The highest BCUT2D eigenvalue weighted by Gasteiger charge is 2.15. The second-order valence-corrected chi connectivity index (χ2v) is 5.34. The van der Waals surface area contributed by atoms with Gasteiger partial charge in [-0.2, -0.15) is 0 Å². The molecule has 0 fully saturated rings. The van der Waals surface area contributed by atoms with Crippen molar-refractivity contribution < 1.29 is 14.7 Å². The minimum atomic E-state index is -1.05. The van der Waals surface area contributed by atoms with E-state index >= 15 is 0 Å². The van der Waals surface area contributed by atoms with E-state index in [-0.39, 0.29) is 11.6 Å². The molecule has 2 rings (SSSR count). The maximum atomic E-state index is 12.0. The summed E-state index contributed by atoms with van der Waals surface area (Å²) in [6.07, 6.45) is 4.13. The molecule has 0 spiro atoms. The van der Waals surface area contributed by atoms with Crippen LogP contribution in [0.5, 0.6) is 0 Å². The number of hydrogen-bond donors (Lipinski definition) is 2. The van der Waals surface area contributed by atoms with E-state index in [0.717, 1.165) is 5.56 Å². The summed E-state index contributed by atoms with van der Waals surface area (Å²) in [6, 6.07) is 4.94. The zero-order valence-corrected chi connectivity index (χ0v) is 12.3. The van der Waals surface area contributed by atoms with Crippen molar-refractivity contribution in [2.24, 2.45) is 0 Å². The lowest BCUT2D eigenvalue weighted by Gasteiger charge is -2.17. The standard InChI is InChI=1S/C14H15N3O3S/c1-17(8-4-10-2-6-15-7-3-10)14(20)16-12-11(13(18)19)5-9-21-12/h2-3,5-7,9H,4,8H2,1H3,(H,16,20)(H,18,19). The third kappa shape index (κ3) is 4.03. The van der Waals surface area contributed by atoms with E-state index in [1.165, 1.54) is 22.3 Å². The van der Waals surface area contributed by atoms with Crippen LogP contribution in [0.1, 0.15) is 15.9 Å². The molecule has 0 bridgehead atoms. The molecule has 0 radical (unpaired) electrons. The van der Waals surface area contributed by atoms with Crippen LogP contribution in [-0.4, -0.2) is 40.6 Å². The molecule has 110 valence electrons. The van der Waals surface area contributed by atoms with Gasteiger partial charge in [-0.3, -0.25) is 10.3 Å². The largest absolute Gasteiger partial charge is 0.478 e. The van der Waals surface area contributed by atoms with E-state index in [2.05, 4.69) is 10.3 Å². The minimum absolute atomic E-state index is 0.107. The molecule has 2 N–H and O–H groups in total. The molecular formula is C14H15N3O3S. The summed E-state index contributed by atoms with van der Waals surface area (Å²) in [5.41, 5.74) is 1.20. The van der Waals surface area contributed by atoms with E-state index in [1.807, 2.05) is 12.1 Å². The van der Waals surface area contributed by atoms with Crippen molar-refractivity contribution in [2.75, 3.05) is 18.9 Å². The molecule has 0 aliphatic heterocycles. The number of aromatic nitrogens is 1. The summed E-state index contributed by atoms with van der Waals surface area (Å²) in [7, 11) is 1.67. The first kappa shape index (κ1) is 15.0. The molecule has 0 atom stereocenters. The lowest BCUT2D eigenvalue weighted by molar-refractivity contribution is 0.0698. The molecule has 2 heterocycles. The number of carboxylic acid groups (broad SMARTS) is 1. The Kier molecular flexibility index (Phi) is 4.89. The Balaban J connectivity index is 1.90. The second-order valence-electron chi connectivity index (χ2n) is 4.43. The highest BCUT2D eigenvalue weighted by Crippen LogP contribution is 2.23. The van der Waals surface area contributed by atoms with E-state index in [1.54, 1.807) is 24.8 Å². The first-order valence-corrected chi connectivity index (χ1v) is 7.17. The molecule has 2 aromatic heterocycles. The first-order chi connectivity index (χ1) is 10.1. The summed E-state index contributed by atoms with van der Waals surface area (Å²) in [5, 5.41) is 13.6. The van der Waals surface area contributed by atoms with Gasteiger partial charge >= 0.3 is 12.0 Å². The molecule has 2 aromatic rings. The average molecular weight is 305 g/mol. The van der Waals surface area contributed by atoms with Gasteiger partial charge in [-0.05, 0) is 35.6 Å². The number of nitrogens with one attached hydrogen (secondary N) is 1. The number of anilines is 1. The van der Waals surface area contributed by atoms with Gasteiger partial charge in [0.2, 0.25) is 0 Å². The van der Waals surface area contributed by atoms with Crippen LogP contribution >= 0.6 is 11.3 Å². The van der Waals surface area contributed by atoms with Gasteiger partial charge < -0.3 is 10.0 Å². The van der Waals surface area contributed by atoms with Crippen molar-refractivity contribution in [3.05, 3.63) is 47.1 Å². The third-order valence-corrected chi connectivity index (χ3v) is 3.78. The first-order valence-electron chi connectivity index (χ1n) is 6.29. The van der Waals surface area contributed by atoms with Crippen molar-refractivity contribution >= 4 is 28.3 Å². The highest BCUT2D eigenvalue weighted by molar-refractivity contribution is 7.14. The maximum Gasteiger partial charge on any atom is 0.338 e. The van der Waals surface area contributed by atoms with Crippen molar-refractivity contribution in [2.45, 2.75) is 6.42 Å². The SMILES string of the molecule is CN(CCc1ccncc1)C(=O)Nc1sccc1C(=O)O. The smallest absolute Gasteiger partial charge is 0.338 e. The summed E-state index contributed by atoms with van der Waals surface area (Å²) >= 11 is 1.19. The Morgan fingerprint density at radius 1 is 1.33 bits per heavy atom. The Labute approximate surface area is 126 Å². The molecule has 0 aliphatic carbocycles. The van der Waals surface area contributed by atoms with Gasteiger partial charge in [0.15, 0.2) is 0 Å². The summed E-state index contributed by atoms with van der Waals surface area (Å²) in [6.45, 7) is 0.531. The number of nitrogens with zero attached hydrogens (tertiary/aromatic N) is 2. The normalized spacial score (nSPS) is 10.1. The van der Waals surface area contributed by atoms with Gasteiger partial charge in [0.25, 0.3) is 0 Å². The van der Waals surface area contributed by atoms with Crippen LogP contribution in [0.15, 0.2) is 36.0 Å². The van der Waals surface area contributed by atoms with Crippen LogP contribution in [-0.2, 0) is 6.42 Å². The van der Waals surface area contributed by atoms with Gasteiger partial charge in [-0.15, -0.1) is 11.3 Å². The van der Waals surface area contributed by atoms with Crippen molar-refractivity contribution in [3.8, 4) is 0 Å². The molecule has 0 unspecified atom stereocenters. The molecule has 0 aliphatic rings. The Bertz CT molecular complexity index is 627. The number of carbonyl (C=O) groups excluding carboxylic acids is 1. The van der Waals surface area contributed by atoms with Crippen LogP contribution in [0.3, 0.4) is 0 Å². The van der Waals surface area contributed by atoms with Crippen LogP contribution in [0, 0.1) is 0 Å². The zero-order chi connectivity index (χ0) is 15.2. The van der Waals surface area contributed by atoms with E-state index in [0.29, 0.717) is 18.0 Å². The van der Waals surface area contributed by atoms with Gasteiger partial charge in [0, 0.05) is 26.0 Å². The monoisotopic (exact) mass is 305 g/mol. The fourth-order valence-corrected chi connectivity index (χ4v) is 2.48. The van der Waals surface area contributed by atoms with Crippen molar-refractivity contribution in [3.63, 3.8) is 0 Å². The number of rotatable bonds is 5. The van der Waals surface area contributed by atoms with Gasteiger partial charge in [-0.25, -0.2) is 9.59 Å². The molecule has 7 heteroatoms. The molecule has 2 amide bonds. The van der Waals surface area contributed by atoms with E-state index < -0.39 is 5.97 Å². The highest BCUT2D eigenvalue weighted by atomic mass is 32.1. The number of pyridine rings is 1. The fraction of sp³-hybridized carbons (Fsp3) is 0.214. The number of amides is 2. The Morgan fingerprint density at radius 2 is 2.05 bits per heavy atom. The number of hydrogen-bond acceptors (Lipinski definition) is 4. The van der Waals surface area contributed by atoms with E-state index in [4.69, 9.17) is 5.11 Å². The average Bonchev–Trinajstić information content (AvgIpc) is 2.94. The van der Waals surface area contributed by atoms with Crippen LogP contribution < -0.4 is 5.32 Å². The molecule has 21 heavy (non-hydrogen) atoms. The lowest BCUT2D eigenvalue weighted by atomic mass is 10.2. The number of likely N-dealkylation sites (N-methyl/N-ethyl adjacent to an activating group) is 1. The third-order valence-electron chi connectivity index (χ3n) is 2.95. The number of thiophene rings is 1. The summed E-state index contributed by atoms with van der Waals surface area (Å²) in [4.78, 5) is 28.5. The minimum Gasteiger partial charge on any atom is -0.478 e. The zero-order valence-electron chi connectivity index (χ0n) is 11.4. The van der Waals surface area contributed by atoms with Crippen LogP contribution in [0.2, 0.25) is 0 Å². The van der Waals surface area contributed by atoms with Crippen LogP contribution in [0.4, 0.5) is 9.80 Å². The van der Waals surface area contributed by atoms with Crippen LogP contribution in [0.25, 0.3) is 0 Å². The van der Waals surface area contributed by atoms with Gasteiger partial charge in [0.05, 0.1) is 5.56 Å². The summed E-state index contributed by atoms with van der Waals surface area (Å²) < 4.78 is 0. The predicted octanol–water partition coefficient (Wildman–Crippen LogP) is 2.55. The van der Waals surface area contributed by atoms with Crippen molar-refractivity contribution in [1.82, 2.24) is 9.88 Å². The summed E-state index contributed by atoms with van der Waals surface area (Å²) in [5.74, 6) is -1.05. The molecule has 0 aromatic carbocycles. The number of carbonyl (C=O) groups is 2. The predicted molar refractivity (Wildman–Crippen MR) is 80.9 cm³/mol. The number of aromatic carboxylic acids is 1. The van der Waals surface area contributed by atoms with Gasteiger partial charge in [0.1, 0.15) is 5.00 Å². The van der Waals surface area contributed by atoms with Gasteiger partial charge in [-0.1, -0.05) is 0 Å². The molecular weight excluding hydrogens is 290 g/mol. The topological polar surface area (TPSA) is 82.5 Å². The fourth-order valence-electron chi connectivity index (χ4n) is 1.71. The Morgan fingerprint density at radius 3 is 2.71 bits per heavy atom. The molecule has 0 saturated heterocycles.